The van der Waals surface area contributed by atoms with Crippen molar-refractivity contribution in [3.8, 4) is 0 Å². The Labute approximate surface area is 237 Å². The smallest absolute Gasteiger partial charge is 0.349 e. The highest BCUT2D eigenvalue weighted by atomic mass is 19.4. The highest BCUT2D eigenvalue weighted by molar-refractivity contribution is 5.93. The number of aryl methyl sites for hydroxylation is 1. The van der Waals surface area contributed by atoms with E-state index in [0.717, 1.165) is 19.8 Å². The maximum Gasteiger partial charge on any atom is 0.392 e. The summed E-state index contributed by atoms with van der Waals surface area (Å²) >= 11 is 0. The number of amides is 2. The number of nitrogens with one attached hydrogen (secondary N) is 2. The topological polar surface area (TPSA) is 127 Å². The Kier molecular flexibility index (Phi) is 7.96. The molecule has 3 aromatic rings. The molecule has 15 heteroatoms. The molecule has 0 radical (unpaired) electrons. The lowest BCUT2D eigenvalue weighted by Gasteiger charge is -2.33. The Morgan fingerprint density at radius 1 is 1.05 bits per heavy atom. The molecule has 2 saturated carbocycles. The molecule has 0 aliphatic heterocycles. The summed E-state index contributed by atoms with van der Waals surface area (Å²) in [6.07, 6.45) is -0.0961. The second-order valence-corrected chi connectivity index (χ2v) is 11.5. The molecular formula is C27H32F5N7O3. The van der Waals surface area contributed by atoms with Gasteiger partial charge in [-0.15, -0.1) is 0 Å². The van der Waals surface area contributed by atoms with E-state index in [1.54, 1.807) is 19.2 Å². The maximum absolute atomic E-state index is 13.9. The van der Waals surface area contributed by atoms with Crippen molar-refractivity contribution in [3.05, 3.63) is 41.1 Å². The van der Waals surface area contributed by atoms with Crippen LogP contribution in [0.2, 0.25) is 0 Å². The molecule has 0 bridgehead atoms. The third-order valence-electron chi connectivity index (χ3n) is 8.50. The average Bonchev–Trinajstić information content (AvgIpc) is 3.54. The predicted molar refractivity (Wildman–Crippen MR) is 137 cm³/mol. The molecule has 3 heterocycles. The van der Waals surface area contributed by atoms with Gasteiger partial charge in [-0.05, 0) is 61.2 Å². The molecule has 2 N–H and O–H groups in total. The maximum atomic E-state index is 13.9. The first-order valence-corrected chi connectivity index (χ1v) is 13.9. The molecule has 2 aliphatic rings. The highest BCUT2D eigenvalue weighted by Gasteiger charge is 2.44. The Bertz CT molecular complexity index is 1440. The van der Waals surface area contributed by atoms with Crippen molar-refractivity contribution < 1.29 is 36.2 Å². The van der Waals surface area contributed by atoms with Gasteiger partial charge in [-0.2, -0.15) is 18.3 Å². The lowest BCUT2D eigenvalue weighted by molar-refractivity contribution is -0.185. The summed E-state index contributed by atoms with van der Waals surface area (Å²) in [5.41, 5.74) is 1.61. The number of nitrogens with zero attached hydrogens (tertiary/aromatic N) is 5. The Hall–Kier alpha value is -3.65. The van der Waals surface area contributed by atoms with Crippen LogP contribution in [0.5, 0.6) is 0 Å². The summed E-state index contributed by atoms with van der Waals surface area (Å²) in [6.45, 7) is 3.79. The van der Waals surface area contributed by atoms with Crippen LogP contribution >= 0.6 is 0 Å². The third-order valence-corrected chi connectivity index (χ3v) is 8.50. The van der Waals surface area contributed by atoms with Crippen LogP contribution in [0.3, 0.4) is 0 Å². The zero-order chi connectivity index (χ0) is 30.4. The van der Waals surface area contributed by atoms with Gasteiger partial charge in [0.25, 0.3) is 5.91 Å². The quantitative estimate of drug-likeness (QED) is 0.328. The minimum absolute atomic E-state index is 0.0256. The van der Waals surface area contributed by atoms with Crippen LogP contribution < -0.4 is 10.6 Å². The van der Waals surface area contributed by atoms with Crippen LogP contribution in [-0.2, 0) is 4.79 Å². The average molecular weight is 598 g/mol. The lowest BCUT2D eigenvalue weighted by atomic mass is 9.81. The molecule has 2 aliphatic carbocycles. The van der Waals surface area contributed by atoms with Crippen LogP contribution in [0, 0.1) is 30.6 Å². The van der Waals surface area contributed by atoms with Gasteiger partial charge < -0.3 is 10.6 Å². The molecular weight excluding hydrogens is 565 g/mol. The van der Waals surface area contributed by atoms with Crippen LogP contribution in [0.1, 0.15) is 91.9 Å². The summed E-state index contributed by atoms with van der Waals surface area (Å²) in [7, 11) is 0. The van der Waals surface area contributed by atoms with Crippen LogP contribution in [0.4, 0.5) is 22.0 Å². The van der Waals surface area contributed by atoms with Gasteiger partial charge in [0.05, 0.1) is 36.1 Å². The number of fused-ring (bicyclic) bond motifs is 1. The number of imidazole rings is 1. The number of hydrogen-bond donors (Lipinski definition) is 2. The number of carbonyl (C=O) groups excluding carboxylic acids is 2. The van der Waals surface area contributed by atoms with Gasteiger partial charge in [0, 0.05) is 18.8 Å². The fraction of sp³-hybridized carbons (Fsp3) is 0.630. The monoisotopic (exact) mass is 597 g/mol. The van der Waals surface area contributed by atoms with E-state index in [9.17, 15) is 31.5 Å². The van der Waals surface area contributed by atoms with Crippen molar-refractivity contribution in [1.29, 1.82) is 0 Å². The van der Waals surface area contributed by atoms with E-state index >= 15 is 0 Å². The van der Waals surface area contributed by atoms with E-state index in [2.05, 4.69) is 35.7 Å². The summed E-state index contributed by atoms with van der Waals surface area (Å²) in [6, 6.07) is 0.410. The zero-order valence-electron chi connectivity index (χ0n) is 23.3. The first-order valence-electron chi connectivity index (χ1n) is 13.9. The molecule has 2 amide bonds. The molecule has 0 unspecified atom stereocenters. The van der Waals surface area contributed by atoms with Crippen molar-refractivity contribution in [3.63, 3.8) is 0 Å². The fourth-order valence-electron chi connectivity index (χ4n) is 5.40. The van der Waals surface area contributed by atoms with Gasteiger partial charge in [-0.25, -0.2) is 22.9 Å². The molecule has 4 atom stereocenters. The molecule has 10 nitrogen and oxygen atoms in total. The second-order valence-electron chi connectivity index (χ2n) is 11.5. The number of hydrogen-bond acceptors (Lipinski definition) is 7. The molecule has 2 fully saturated rings. The standard InChI is InChI=1S/C27H32F5N7O3/c1-13(14(2)27(30,31)32)24(40)35-22(16-4-5-16)18-10-20-34-19(12-39(20)33-11-18)23(17-6-8-26(28,29)9-7-17)36-25(41)21-15(3)37-42-38-21/h10-14,16-17,22-23H,4-9H2,1-3H3,(H,35,40)(H,36,41)/t13-,14+,22-,23+/m1/s1. The summed E-state index contributed by atoms with van der Waals surface area (Å²) in [4.78, 5) is 30.4. The van der Waals surface area contributed by atoms with Crippen LogP contribution in [-0.4, -0.2) is 48.8 Å². The minimum Gasteiger partial charge on any atom is -0.349 e. The molecule has 5 rings (SSSR count). The molecule has 0 spiro atoms. The summed E-state index contributed by atoms with van der Waals surface area (Å²) < 4.78 is 73.6. The van der Waals surface area contributed by atoms with Crippen molar-refractivity contribution in [2.45, 2.75) is 83.5 Å². The number of alkyl halides is 5. The first kappa shape index (κ1) is 29.8. The Morgan fingerprint density at radius 2 is 1.71 bits per heavy atom. The highest BCUT2D eigenvalue weighted by Crippen LogP contribution is 2.43. The second kappa shape index (κ2) is 11.2. The van der Waals surface area contributed by atoms with Gasteiger partial charge >= 0.3 is 6.18 Å². The lowest BCUT2D eigenvalue weighted by Crippen LogP contribution is -2.40. The molecule has 42 heavy (non-hydrogen) atoms. The van der Waals surface area contributed by atoms with E-state index in [4.69, 9.17) is 0 Å². The van der Waals surface area contributed by atoms with Crippen LogP contribution in [0.25, 0.3) is 5.65 Å². The van der Waals surface area contributed by atoms with E-state index in [1.807, 2.05) is 0 Å². The number of carbonyl (C=O) groups is 2. The minimum atomic E-state index is -4.50. The van der Waals surface area contributed by atoms with E-state index in [0.29, 0.717) is 16.9 Å². The van der Waals surface area contributed by atoms with Crippen molar-refractivity contribution in [2.75, 3.05) is 0 Å². The van der Waals surface area contributed by atoms with E-state index in [1.165, 1.54) is 17.6 Å². The summed E-state index contributed by atoms with van der Waals surface area (Å²) in [5.74, 6) is -7.43. The number of halogens is 5. The largest absolute Gasteiger partial charge is 0.392 e. The first-order chi connectivity index (χ1) is 19.7. The van der Waals surface area contributed by atoms with Crippen molar-refractivity contribution in [2.24, 2.45) is 23.7 Å². The Morgan fingerprint density at radius 3 is 2.31 bits per heavy atom. The van der Waals surface area contributed by atoms with Crippen LogP contribution in [0.15, 0.2) is 23.1 Å². The normalized spacial score (nSPS) is 20.6. The van der Waals surface area contributed by atoms with Crippen molar-refractivity contribution in [1.82, 2.24) is 35.5 Å². The van der Waals surface area contributed by atoms with Gasteiger partial charge in [0.1, 0.15) is 5.69 Å². The van der Waals surface area contributed by atoms with Gasteiger partial charge in [0.15, 0.2) is 11.3 Å². The summed E-state index contributed by atoms with van der Waals surface area (Å²) in [5, 5.41) is 17.3. The number of rotatable bonds is 9. The molecule has 0 aromatic carbocycles. The van der Waals surface area contributed by atoms with E-state index in [-0.39, 0.29) is 48.9 Å². The molecule has 0 saturated heterocycles. The third kappa shape index (κ3) is 6.38. The van der Waals surface area contributed by atoms with Gasteiger partial charge in [0.2, 0.25) is 11.8 Å². The molecule has 228 valence electrons. The van der Waals surface area contributed by atoms with Gasteiger partial charge in [-0.1, -0.05) is 19.0 Å². The van der Waals surface area contributed by atoms with E-state index < -0.39 is 47.8 Å². The SMILES string of the molecule is Cc1nonc1C(=O)N[C@H](c1cn2ncc([C@H](NC(=O)[C@H](C)[C@H](C)C(F)(F)F)C3CC3)cc2n1)C1CCC(F)(F)CC1. The molecule has 3 aromatic heterocycles. The Balaban J connectivity index is 1.41. The predicted octanol–water partition coefficient (Wildman–Crippen LogP) is 5.12. The van der Waals surface area contributed by atoms with Gasteiger partial charge in [-0.3, -0.25) is 9.59 Å². The fourth-order valence-corrected chi connectivity index (χ4v) is 5.40. The number of aromatic nitrogens is 5. The zero-order valence-corrected chi connectivity index (χ0v) is 23.3. The van der Waals surface area contributed by atoms with Crippen molar-refractivity contribution >= 4 is 17.5 Å².